The quantitative estimate of drug-likeness (QED) is 0.751. The molecular formula is C14H18ClNO4S. The van der Waals surface area contributed by atoms with Crippen molar-refractivity contribution in [1.82, 2.24) is 4.90 Å². The molecule has 0 spiro atoms. The van der Waals surface area contributed by atoms with Crippen LogP contribution < -0.4 is 4.74 Å². The molecule has 5 nitrogen and oxygen atoms in total. The Balaban J connectivity index is 2.34. The lowest BCUT2D eigenvalue weighted by atomic mass is 10.1. The first-order valence-corrected chi connectivity index (χ1v) is 9.10. The van der Waals surface area contributed by atoms with E-state index >= 15 is 0 Å². The smallest absolute Gasteiger partial charge is 0.261 e. The Morgan fingerprint density at radius 2 is 2.10 bits per heavy atom. The SMILES string of the molecule is CCOc1ccc(S(=O)(=O)Cl)cc1C(=O)N(C)CC1CC1. The fourth-order valence-corrected chi connectivity index (χ4v) is 2.86. The lowest BCUT2D eigenvalue weighted by molar-refractivity contribution is 0.0784. The van der Waals surface area contributed by atoms with Gasteiger partial charge < -0.3 is 9.64 Å². The molecule has 0 aliphatic heterocycles. The van der Waals surface area contributed by atoms with Gasteiger partial charge in [-0.15, -0.1) is 0 Å². The van der Waals surface area contributed by atoms with Crippen molar-refractivity contribution < 1.29 is 17.9 Å². The Hall–Kier alpha value is -1.27. The van der Waals surface area contributed by atoms with Crippen LogP contribution in [0.15, 0.2) is 23.1 Å². The van der Waals surface area contributed by atoms with Gasteiger partial charge in [0.15, 0.2) is 0 Å². The van der Waals surface area contributed by atoms with Crippen molar-refractivity contribution in [1.29, 1.82) is 0 Å². The fraction of sp³-hybridized carbons (Fsp3) is 0.500. The van der Waals surface area contributed by atoms with E-state index in [0.717, 1.165) is 12.8 Å². The second kappa shape index (κ2) is 6.23. The minimum absolute atomic E-state index is 0.101. The summed E-state index contributed by atoms with van der Waals surface area (Å²) in [5.41, 5.74) is 0.224. The molecule has 2 rings (SSSR count). The molecule has 0 heterocycles. The Labute approximate surface area is 129 Å². The Kier molecular flexibility index (Phi) is 4.78. The number of amides is 1. The molecule has 0 bridgehead atoms. The maximum atomic E-state index is 12.5. The predicted octanol–water partition coefficient (Wildman–Crippen LogP) is 2.49. The van der Waals surface area contributed by atoms with E-state index in [1.807, 2.05) is 0 Å². The maximum Gasteiger partial charge on any atom is 0.261 e. The second-order valence-electron chi connectivity index (χ2n) is 5.16. The van der Waals surface area contributed by atoms with Gasteiger partial charge >= 0.3 is 0 Å². The molecule has 0 aromatic heterocycles. The van der Waals surface area contributed by atoms with Gasteiger partial charge in [-0.05, 0) is 43.9 Å². The zero-order valence-electron chi connectivity index (χ0n) is 12.0. The van der Waals surface area contributed by atoms with E-state index in [1.54, 1.807) is 18.9 Å². The van der Waals surface area contributed by atoms with Gasteiger partial charge in [0.2, 0.25) is 0 Å². The van der Waals surface area contributed by atoms with Crippen LogP contribution in [-0.2, 0) is 9.05 Å². The average molecular weight is 332 g/mol. The van der Waals surface area contributed by atoms with Crippen LogP contribution in [-0.4, -0.2) is 39.4 Å². The zero-order chi connectivity index (χ0) is 15.6. The molecule has 0 unspecified atom stereocenters. The number of nitrogens with zero attached hydrogens (tertiary/aromatic N) is 1. The molecule has 21 heavy (non-hydrogen) atoms. The predicted molar refractivity (Wildman–Crippen MR) is 80.3 cm³/mol. The van der Waals surface area contributed by atoms with Crippen LogP contribution in [0.1, 0.15) is 30.1 Å². The van der Waals surface area contributed by atoms with Crippen LogP contribution in [0, 0.1) is 5.92 Å². The number of benzene rings is 1. The summed E-state index contributed by atoms with van der Waals surface area (Å²) >= 11 is 0. The highest BCUT2D eigenvalue weighted by Gasteiger charge is 2.27. The van der Waals surface area contributed by atoms with E-state index in [4.69, 9.17) is 15.4 Å². The van der Waals surface area contributed by atoms with Gasteiger partial charge in [0.25, 0.3) is 15.0 Å². The van der Waals surface area contributed by atoms with Crippen molar-refractivity contribution in [2.24, 2.45) is 5.92 Å². The third-order valence-electron chi connectivity index (χ3n) is 3.34. The highest BCUT2D eigenvalue weighted by molar-refractivity contribution is 8.13. The zero-order valence-corrected chi connectivity index (χ0v) is 13.6. The highest BCUT2D eigenvalue weighted by atomic mass is 35.7. The molecule has 0 radical (unpaired) electrons. The normalized spacial score (nSPS) is 14.8. The van der Waals surface area contributed by atoms with E-state index in [0.29, 0.717) is 24.8 Å². The molecule has 1 aliphatic carbocycles. The van der Waals surface area contributed by atoms with Crippen molar-refractivity contribution in [2.75, 3.05) is 20.2 Å². The minimum atomic E-state index is -3.88. The number of carbonyl (C=O) groups excluding carboxylic acids is 1. The first kappa shape index (κ1) is 16.1. The Morgan fingerprint density at radius 1 is 1.43 bits per heavy atom. The van der Waals surface area contributed by atoms with E-state index < -0.39 is 9.05 Å². The van der Waals surface area contributed by atoms with Crippen LogP contribution in [0.5, 0.6) is 5.75 Å². The van der Waals surface area contributed by atoms with Gasteiger partial charge in [0, 0.05) is 24.3 Å². The maximum absolute atomic E-state index is 12.5. The van der Waals surface area contributed by atoms with Crippen molar-refractivity contribution in [3.8, 4) is 5.75 Å². The third-order valence-corrected chi connectivity index (χ3v) is 4.69. The Bertz CT molecular complexity index is 640. The Morgan fingerprint density at radius 3 is 2.62 bits per heavy atom. The lowest BCUT2D eigenvalue weighted by Gasteiger charge is -2.19. The molecular weight excluding hydrogens is 314 g/mol. The monoisotopic (exact) mass is 331 g/mol. The molecule has 1 aliphatic rings. The highest BCUT2D eigenvalue weighted by Crippen LogP contribution is 2.31. The number of hydrogen-bond donors (Lipinski definition) is 0. The molecule has 1 aromatic carbocycles. The number of carbonyl (C=O) groups is 1. The van der Waals surface area contributed by atoms with Crippen LogP contribution in [0.4, 0.5) is 0 Å². The summed E-state index contributed by atoms with van der Waals surface area (Å²) in [7, 11) is 3.17. The lowest BCUT2D eigenvalue weighted by Crippen LogP contribution is -2.29. The number of halogens is 1. The summed E-state index contributed by atoms with van der Waals surface area (Å²) in [5, 5.41) is 0. The summed E-state index contributed by atoms with van der Waals surface area (Å²) in [6.07, 6.45) is 2.26. The van der Waals surface area contributed by atoms with Crippen molar-refractivity contribution in [3.05, 3.63) is 23.8 Å². The van der Waals surface area contributed by atoms with Crippen LogP contribution in [0.25, 0.3) is 0 Å². The van der Waals surface area contributed by atoms with Crippen molar-refractivity contribution in [2.45, 2.75) is 24.7 Å². The number of ether oxygens (including phenoxy) is 1. The van der Waals surface area contributed by atoms with Gasteiger partial charge in [-0.1, -0.05) is 0 Å². The average Bonchev–Trinajstić information content (AvgIpc) is 3.21. The van der Waals surface area contributed by atoms with E-state index in [2.05, 4.69) is 0 Å². The van der Waals surface area contributed by atoms with E-state index in [1.165, 1.54) is 18.2 Å². The molecule has 1 amide bonds. The van der Waals surface area contributed by atoms with E-state index in [9.17, 15) is 13.2 Å². The summed E-state index contributed by atoms with van der Waals surface area (Å²) in [6.45, 7) is 2.86. The van der Waals surface area contributed by atoms with E-state index in [-0.39, 0.29) is 16.4 Å². The molecule has 0 saturated heterocycles. The van der Waals surface area contributed by atoms with Gasteiger partial charge in [-0.25, -0.2) is 8.42 Å². The minimum Gasteiger partial charge on any atom is -0.493 e. The molecule has 0 atom stereocenters. The molecule has 7 heteroatoms. The number of hydrogen-bond acceptors (Lipinski definition) is 4. The van der Waals surface area contributed by atoms with Crippen molar-refractivity contribution >= 4 is 25.6 Å². The molecule has 0 N–H and O–H groups in total. The first-order valence-electron chi connectivity index (χ1n) is 6.80. The third kappa shape index (κ3) is 4.11. The summed E-state index contributed by atoms with van der Waals surface area (Å²) in [4.78, 5) is 14.0. The number of rotatable bonds is 6. The largest absolute Gasteiger partial charge is 0.493 e. The van der Waals surface area contributed by atoms with Gasteiger partial charge in [-0.2, -0.15) is 0 Å². The fourth-order valence-electron chi connectivity index (χ4n) is 2.09. The van der Waals surface area contributed by atoms with Crippen LogP contribution in [0.2, 0.25) is 0 Å². The summed E-state index contributed by atoms with van der Waals surface area (Å²) in [5.74, 6) is 0.663. The van der Waals surface area contributed by atoms with Gasteiger partial charge in [-0.3, -0.25) is 4.79 Å². The molecule has 1 aromatic rings. The molecule has 116 valence electrons. The van der Waals surface area contributed by atoms with Gasteiger partial charge in [0.1, 0.15) is 5.75 Å². The summed E-state index contributed by atoms with van der Waals surface area (Å²) in [6, 6.07) is 4.08. The molecule has 1 fully saturated rings. The second-order valence-corrected chi connectivity index (χ2v) is 7.72. The molecule has 1 saturated carbocycles. The van der Waals surface area contributed by atoms with Crippen LogP contribution in [0.3, 0.4) is 0 Å². The topological polar surface area (TPSA) is 63.7 Å². The van der Waals surface area contributed by atoms with Crippen molar-refractivity contribution in [3.63, 3.8) is 0 Å². The first-order chi connectivity index (χ1) is 9.82. The van der Waals surface area contributed by atoms with Crippen LogP contribution >= 0.6 is 10.7 Å². The summed E-state index contributed by atoms with van der Waals surface area (Å²) < 4.78 is 28.3. The standard InChI is InChI=1S/C14H18ClNO4S/c1-3-20-13-7-6-11(21(15,18)19)8-12(13)14(17)16(2)9-10-4-5-10/h6-8,10H,3-5,9H2,1-2H3. The van der Waals surface area contributed by atoms with Gasteiger partial charge in [0.05, 0.1) is 17.1 Å².